The van der Waals surface area contributed by atoms with Crippen molar-refractivity contribution in [1.82, 2.24) is 4.98 Å². The number of carbonyl (C=O) groups is 2. The van der Waals surface area contributed by atoms with Gasteiger partial charge in [-0.15, -0.1) is 0 Å². The van der Waals surface area contributed by atoms with Gasteiger partial charge < -0.3 is 4.74 Å². The minimum absolute atomic E-state index is 0.0540. The SMILES string of the molecule is CCOc1ccccc1/C=C/C(=O)Nc1nc(C)c(C(C)=O)s1. The van der Waals surface area contributed by atoms with E-state index in [2.05, 4.69) is 10.3 Å². The molecule has 0 bridgehead atoms. The number of ether oxygens (including phenoxy) is 1. The van der Waals surface area contributed by atoms with Gasteiger partial charge in [-0.1, -0.05) is 29.5 Å². The summed E-state index contributed by atoms with van der Waals surface area (Å²) in [4.78, 5) is 28.1. The van der Waals surface area contributed by atoms with Crippen LogP contribution in [0.4, 0.5) is 5.13 Å². The van der Waals surface area contributed by atoms with Crippen LogP contribution in [0, 0.1) is 6.92 Å². The quantitative estimate of drug-likeness (QED) is 0.647. The van der Waals surface area contributed by atoms with Crippen molar-refractivity contribution >= 4 is 34.2 Å². The van der Waals surface area contributed by atoms with Gasteiger partial charge in [0.25, 0.3) is 0 Å². The predicted molar refractivity (Wildman–Crippen MR) is 92.1 cm³/mol. The van der Waals surface area contributed by atoms with Gasteiger partial charge in [-0.25, -0.2) is 4.98 Å². The molecule has 2 rings (SSSR count). The molecule has 0 fully saturated rings. The van der Waals surface area contributed by atoms with E-state index in [0.29, 0.717) is 22.3 Å². The average molecular weight is 330 g/mol. The van der Waals surface area contributed by atoms with Gasteiger partial charge in [0.15, 0.2) is 10.9 Å². The van der Waals surface area contributed by atoms with Gasteiger partial charge in [0.05, 0.1) is 17.2 Å². The molecule has 1 amide bonds. The summed E-state index contributed by atoms with van der Waals surface area (Å²) >= 11 is 1.18. The monoisotopic (exact) mass is 330 g/mol. The molecule has 0 atom stereocenters. The maximum Gasteiger partial charge on any atom is 0.250 e. The summed E-state index contributed by atoms with van der Waals surface area (Å²) in [5.74, 6) is 0.366. The molecular formula is C17H18N2O3S. The van der Waals surface area contributed by atoms with E-state index in [1.165, 1.54) is 24.3 Å². The molecule has 2 aromatic rings. The van der Waals surface area contributed by atoms with Gasteiger partial charge in [-0.2, -0.15) is 0 Å². The molecule has 0 unspecified atom stereocenters. The number of hydrogen-bond donors (Lipinski definition) is 1. The number of nitrogens with zero attached hydrogens (tertiary/aromatic N) is 1. The zero-order chi connectivity index (χ0) is 16.8. The molecule has 0 spiro atoms. The minimum atomic E-state index is -0.305. The minimum Gasteiger partial charge on any atom is -0.493 e. The number of aryl methyl sites for hydroxylation is 1. The smallest absolute Gasteiger partial charge is 0.250 e. The third-order valence-corrected chi connectivity index (χ3v) is 4.15. The summed E-state index contributed by atoms with van der Waals surface area (Å²) in [5, 5.41) is 3.09. The molecule has 23 heavy (non-hydrogen) atoms. The number of aromatic nitrogens is 1. The molecular weight excluding hydrogens is 312 g/mol. The van der Waals surface area contributed by atoms with Gasteiger partial charge in [0.1, 0.15) is 5.75 Å². The molecule has 1 heterocycles. The van der Waals surface area contributed by atoms with Crippen molar-refractivity contribution in [2.45, 2.75) is 20.8 Å². The summed E-state index contributed by atoms with van der Waals surface area (Å²) in [6, 6.07) is 7.48. The molecule has 6 heteroatoms. The van der Waals surface area contributed by atoms with E-state index < -0.39 is 0 Å². The fraction of sp³-hybridized carbons (Fsp3) is 0.235. The fourth-order valence-corrected chi connectivity index (χ4v) is 2.86. The normalized spacial score (nSPS) is 10.7. The summed E-state index contributed by atoms with van der Waals surface area (Å²) in [7, 11) is 0. The van der Waals surface area contributed by atoms with E-state index in [4.69, 9.17) is 4.74 Å². The Kier molecular flexibility index (Phi) is 5.65. The number of thiazole rings is 1. The number of ketones is 1. The summed E-state index contributed by atoms with van der Waals surface area (Å²) in [6.07, 6.45) is 3.11. The zero-order valence-corrected chi connectivity index (χ0v) is 14.1. The number of nitrogens with one attached hydrogen (secondary N) is 1. The third-order valence-electron chi connectivity index (χ3n) is 2.98. The van der Waals surface area contributed by atoms with Gasteiger partial charge in [-0.3, -0.25) is 14.9 Å². The van der Waals surface area contributed by atoms with E-state index >= 15 is 0 Å². The summed E-state index contributed by atoms with van der Waals surface area (Å²) < 4.78 is 5.50. The summed E-state index contributed by atoms with van der Waals surface area (Å²) in [5.41, 5.74) is 1.45. The lowest BCUT2D eigenvalue weighted by Crippen LogP contribution is -2.07. The maximum atomic E-state index is 12.0. The number of benzene rings is 1. The average Bonchev–Trinajstić information content (AvgIpc) is 2.87. The van der Waals surface area contributed by atoms with Crippen molar-refractivity contribution in [1.29, 1.82) is 0 Å². The lowest BCUT2D eigenvalue weighted by Gasteiger charge is -2.06. The van der Waals surface area contributed by atoms with Crippen molar-refractivity contribution in [3.63, 3.8) is 0 Å². The second-order valence-corrected chi connectivity index (χ2v) is 5.78. The van der Waals surface area contributed by atoms with Crippen molar-refractivity contribution < 1.29 is 14.3 Å². The third kappa shape index (κ3) is 4.50. The second kappa shape index (κ2) is 7.69. The number of para-hydroxylation sites is 1. The van der Waals surface area contributed by atoms with E-state index in [1.807, 2.05) is 31.2 Å². The Balaban J connectivity index is 2.08. The highest BCUT2D eigenvalue weighted by Crippen LogP contribution is 2.23. The van der Waals surface area contributed by atoms with E-state index in [1.54, 1.807) is 13.0 Å². The molecule has 1 aromatic heterocycles. The lowest BCUT2D eigenvalue weighted by molar-refractivity contribution is -0.111. The number of hydrogen-bond acceptors (Lipinski definition) is 5. The molecule has 0 aliphatic carbocycles. The Bertz CT molecular complexity index is 750. The number of rotatable bonds is 6. The molecule has 120 valence electrons. The van der Waals surface area contributed by atoms with Crippen LogP contribution in [0.1, 0.15) is 34.8 Å². The number of amides is 1. The molecule has 0 aliphatic heterocycles. The molecule has 5 nitrogen and oxygen atoms in total. The molecule has 1 N–H and O–H groups in total. The first-order valence-electron chi connectivity index (χ1n) is 7.20. The van der Waals surface area contributed by atoms with Crippen LogP contribution >= 0.6 is 11.3 Å². The van der Waals surface area contributed by atoms with Crippen LogP contribution in [-0.4, -0.2) is 23.3 Å². The second-order valence-electron chi connectivity index (χ2n) is 4.78. The van der Waals surface area contributed by atoms with E-state index in [-0.39, 0.29) is 11.7 Å². The first-order valence-corrected chi connectivity index (χ1v) is 8.02. The Hall–Kier alpha value is -2.47. The topological polar surface area (TPSA) is 68.3 Å². The van der Waals surface area contributed by atoms with Crippen LogP contribution in [0.5, 0.6) is 5.75 Å². The molecule has 1 aromatic carbocycles. The first kappa shape index (κ1) is 16.9. The standard InChI is InChI=1S/C17H18N2O3S/c1-4-22-14-8-6-5-7-13(14)9-10-15(21)19-17-18-11(2)16(23-17)12(3)20/h5-10H,4H2,1-3H3,(H,18,19,21)/b10-9+. The Morgan fingerprint density at radius 3 is 2.74 bits per heavy atom. The molecule has 0 aliphatic rings. The van der Waals surface area contributed by atoms with Crippen LogP contribution in [0.3, 0.4) is 0 Å². The van der Waals surface area contributed by atoms with Crippen LogP contribution in [-0.2, 0) is 4.79 Å². The number of Topliss-reactive ketones (excluding diaryl/α,β-unsaturated/α-hetero) is 1. The zero-order valence-electron chi connectivity index (χ0n) is 13.3. The lowest BCUT2D eigenvalue weighted by atomic mass is 10.2. The molecule has 0 radical (unpaired) electrons. The van der Waals surface area contributed by atoms with E-state index in [9.17, 15) is 9.59 Å². The predicted octanol–water partition coefficient (Wildman–Crippen LogP) is 3.70. The molecule has 0 saturated carbocycles. The maximum absolute atomic E-state index is 12.0. The van der Waals surface area contributed by atoms with Crippen LogP contribution in [0.25, 0.3) is 6.08 Å². The van der Waals surface area contributed by atoms with Crippen LogP contribution in [0.2, 0.25) is 0 Å². The van der Waals surface area contributed by atoms with Gasteiger partial charge in [-0.05, 0) is 26.0 Å². The highest BCUT2D eigenvalue weighted by atomic mass is 32.1. The van der Waals surface area contributed by atoms with Gasteiger partial charge >= 0.3 is 0 Å². The van der Waals surface area contributed by atoms with E-state index in [0.717, 1.165) is 11.3 Å². The van der Waals surface area contributed by atoms with Gasteiger partial charge in [0, 0.05) is 18.6 Å². The Morgan fingerprint density at radius 1 is 1.35 bits per heavy atom. The van der Waals surface area contributed by atoms with Crippen LogP contribution < -0.4 is 10.1 Å². The van der Waals surface area contributed by atoms with Crippen molar-refractivity contribution in [3.05, 3.63) is 46.5 Å². The highest BCUT2D eigenvalue weighted by molar-refractivity contribution is 7.17. The Labute approximate surface area is 139 Å². The number of carbonyl (C=O) groups excluding carboxylic acids is 2. The Morgan fingerprint density at radius 2 is 2.09 bits per heavy atom. The molecule has 0 saturated heterocycles. The van der Waals surface area contributed by atoms with Crippen LogP contribution in [0.15, 0.2) is 30.3 Å². The van der Waals surface area contributed by atoms with Crippen molar-refractivity contribution in [3.8, 4) is 5.75 Å². The summed E-state index contributed by atoms with van der Waals surface area (Å²) in [6.45, 7) is 5.70. The van der Waals surface area contributed by atoms with Crippen molar-refractivity contribution in [2.24, 2.45) is 0 Å². The number of anilines is 1. The fourth-order valence-electron chi connectivity index (χ4n) is 1.99. The largest absolute Gasteiger partial charge is 0.493 e. The highest BCUT2D eigenvalue weighted by Gasteiger charge is 2.12. The van der Waals surface area contributed by atoms with Gasteiger partial charge in [0.2, 0.25) is 5.91 Å². The first-order chi connectivity index (χ1) is 11.0. The van der Waals surface area contributed by atoms with Crippen molar-refractivity contribution in [2.75, 3.05) is 11.9 Å².